The van der Waals surface area contributed by atoms with Crippen LogP contribution in [0.5, 0.6) is 0 Å². The molecule has 0 aliphatic heterocycles. The maximum absolute atomic E-state index is 11.5. The van der Waals surface area contributed by atoms with Crippen molar-refractivity contribution in [2.24, 2.45) is 0 Å². The van der Waals surface area contributed by atoms with Crippen LogP contribution in [0.2, 0.25) is 0 Å². The van der Waals surface area contributed by atoms with Crippen molar-refractivity contribution in [3.05, 3.63) is 44.8 Å². The summed E-state index contributed by atoms with van der Waals surface area (Å²) in [6.45, 7) is 3.88. The van der Waals surface area contributed by atoms with E-state index in [0.717, 1.165) is 9.13 Å². The van der Waals surface area contributed by atoms with Crippen LogP contribution in [0.15, 0.2) is 29.2 Å². The van der Waals surface area contributed by atoms with E-state index in [1.54, 1.807) is 18.5 Å². The molecule has 0 atom stereocenters. The molecule has 0 spiro atoms. The van der Waals surface area contributed by atoms with Crippen LogP contribution >= 0.6 is 33.3 Å². The summed E-state index contributed by atoms with van der Waals surface area (Å²) in [7, 11) is 1.67. The summed E-state index contributed by atoms with van der Waals surface area (Å²) in [6, 6.07) is 7.99. The highest BCUT2D eigenvalue weighted by atomic mass is 127. The van der Waals surface area contributed by atoms with Gasteiger partial charge in [0.2, 0.25) is 0 Å². The van der Waals surface area contributed by atoms with Crippen molar-refractivity contribution in [2.45, 2.75) is 25.3 Å². The summed E-state index contributed by atoms with van der Waals surface area (Å²) in [5, 5.41) is 4.25. The maximum atomic E-state index is 11.5. The van der Waals surface area contributed by atoms with Crippen LogP contribution < -0.4 is 0 Å². The molecule has 0 aliphatic carbocycles. The van der Waals surface area contributed by atoms with Gasteiger partial charge in [-0.2, -0.15) is 5.10 Å². The molecular formula is C12H12ClIN2O2S. The van der Waals surface area contributed by atoms with Gasteiger partial charge in [-0.05, 0) is 54.1 Å². The predicted octanol–water partition coefficient (Wildman–Crippen LogP) is 3.08. The van der Waals surface area contributed by atoms with E-state index in [1.807, 2.05) is 24.3 Å². The van der Waals surface area contributed by atoms with E-state index in [1.165, 1.54) is 0 Å². The largest absolute Gasteiger partial charge is 0.264 e. The minimum atomic E-state index is -3.75. The van der Waals surface area contributed by atoms with Crippen LogP contribution in [0, 0.1) is 17.4 Å². The van der Waals surface area contributed by atoms with Gasteiger partial charge in [-0.1, -0.05) is 12.1 Å². The van der Waals surface area contributed by atoms with E-state index >= 15 is 0 Å². The van der Waals surface area contributed by atoms with E-state index in [9.17, 15) is 8.42 Å². The highest BCUT2D eigenvalue weighted by Crippen LogP contribution is 2.23. The molecule has 0 bridgehead atoms. The van der Waals surface area contributed by atoms with Gasteiger partial charge in [-0.15, -0.1) is 0 Å². The van der Waals surface area contributed by atoms with Gasteiger partial charge < -0.3 is 0 Å². The highest BCUT2D eigenvalue weighted by molar-refractivity contribution is 14.1. The van der Waals surface area contributed by atoms with Crippen molar-refractivity contribution >= 4 is 42.3 Å². The molecular weight excluding hydrogens is 399 g/mol. The van der Waals surface area contributed by atoms with Gasteiger partial charge in [0.05, 0.1) is 17.9 Å². The molecule has 0 fully saturated rings. The molecule has 0 amide bonds. The fourth-order valence-electron chi connectivity index (χ4n) is 1.95. The van der Waals surface area contributed by atoms with E-state index in [2.05, 4.69) is 27.7 Å². The molecule has 102 valence electrons. The SMILES string of the molecule is Cc1nn(Cc2ccc(I)cc2)c(C)c1S(=O)(=O)Cl. The molecule has 7 heteroatoms. The second-order valence-electron chi connectivity index (χ2n) is 4.22. The third-order valence-electron chi connectivity index (χ3n) is 2.80. The van der Waals surface area contributed by atoms with Gasteiger partial charge >= 0.3 is 0 Å². The quantitative estimate of drug-likeness (QED) is 0.577. The fraction of sp³-hybridized carbons (Fsp3) is 0.250. The summed E-state index contributed by atoms with van der Waals surface area (Å²) in [5.74, 6) is 0. The Morgan fingerprint density at radius 3 is 2.32 bits per heavy atom. The number of halogens is 2. The summed E-state index contributed by atoms with van der Waals surface area (Å²) < 4.78 is 25.8. The lowest BCUT2D eigenvalue weighted by atomic mass is 10.2. The maximum Gasteiger partial charge on any atom is 0.264 e. The molecule has 0 radical (unpaired) electrons. The minimum absolute atomic E-state index is 0.111. The third kappa shape index (κ3) is 3.29. The predicted molar refractivity (Wildman–Crippen MR) is 83.0 cm³/mol. The summed E-state index contributed by atoms with van der Waals surface area (Å²) >= 11 is 2.23. The van der Waals surface area contributed by atoms with Crippen LogP contribution in [0.4, 0.5) is 0 Å². The Hall–Kier alpha value is -0.600. The first-order chi connectivity index (χ1) is 8.79. The lowest BCUT2D eigenvalue weighted by molar-refractivity contribution is 0.607. The number of hydrogen-bond acceptors (Lipinski definition) is 3. The monoisotopic (exact) mass is 410 g/mol. The third-order valence-corrected chi connectivity index (χ3v) is 5.07. The zero-order valence-electron chi connectivity index (χ0n) is 10.4. The number of hydrogen-bond donors (Lipinski definition) is 0. The molecule has 2 rings (SSSR count). The van der Waals surface area contributed by atoms with Crippen molar-refractivity contribution < 1.29 is 8.42 Å². The van der Waals surface area contributed by atoms with E-state index in [-0.39, 0.29) is 4.90 Å². The molecule has 0 aliphatic rings. The first-order valence-electron chi connectivity index (χ1n) is 5.52. The molecule has 19 heavy (non-hydrogen) atoms. The van der Waals surface area contributed by atoms with Crippen LogP contribution in [0.3, 0.4) is 0 Å². The van der Waals surface area contributed by atoms with Crippen molar-refractivity contribution in [1.29, 1.82) is 0 Å². The van der Waals surface area contributed by atoms with Gasteiger partial charge in [0.1, 0.15) is 4.90 Å². The van der Waals surface area contributed by atoms with Crippen molar-refractivity contribution in [2.75, 3.05) is 0 Å². The first-order valence-corrected chi connectivity index (χ1v) is 8.91. The molecule has 0 unspecified atom stereocenters. The fourth-order valence-corrected chi connectivity index (χ4v) is 3.83. The smallest absolute Gasteiger partial charge is 0.264 e. The number of nitrogens with zero attached hydrogens (tertiary/aromatic N) is 2. The van der Waals surface area contributed by atoms with Crippen LogP contribution in [0.1, 0.15) is 17.0 Å². The lowest BCUT2D eigenvalue weighted by Gasteiger charge is -2.05. The number of aromatic nitrogens is 2. The van der Waals surface area contributed by atoms with Crippen LogP contribution in [-0.2, 0) is 15.6 Å². The number of aryl methyl sites for hydroxylation is 1. The van der Waals surface area contributed by atoms with Crippen LogP contribution in [0.25, 0.3) is 0 Å². The zero-order valence-corrected chi connectivity index (χ0v) is 14.1. The van der Waals surface area contributed by atoms with Crippen molar-refractivity contribution in [1.82, 2.24) is 9.78 Å². The average Bonchev–Trinajstić information content (AvgIpc) is 2.56. The van der Waals surface area contributed by atoms with E-state index in [0.29, 0.717) is 17.9 Å². The second kappa shape index (κ2) is 5.41. The zero-order chi connectivity index (χ0) is 14.2. The first kappa shape index (κ1) is 14.8. The standard InChI is InChI=1S/C12H12ClIN2O2S/c1-8-12(19(13,17)18)9(2)16(15-8)7-10-3-5-11(14)6-4-10/h3-6H,7H2,1-2H3. The van der Waals surface area contributed by atoms with Gasteiger partial charge in [0.15, 0.2) is 0 Å². The van der Waals surface area contributed by atoms with E-state index in [4.69, 9.17) is 10.7 Å². The van der Waals surface area contributed by atoms with Gasteiger partial charge in [-0.25, -0.2) is 8.42 Å². The molecule has 2 aromatic rings. The Balaban J connectivity index is 2.40. The van der Waals surface area contributed by atoms with Gasteiger partial charge in [0.25, 0.3) is 9.05 Å². The molecule has 0 saturated heterocycles. The van der Waals surface area contributed by atoms with E-state index < -0.39 is 9.05 Å². The molecule has 4 nitrogen and oxygen atoms in total. The normalized spacial score (nSPS) is 11.8. The summed E-state index contributed by atoms with van der Waals surface area (Å²) in [4.78, 5) is 0.111. The summed E-state index contributed by atoms with van der Waals surface area (Å²) in [6.07, 6.45) is 0. The number of rotatable bonds is 3. The molecule has 1 aromatic heterocycles. The Bertz CT molecular complexity index is 708. The lowest BCUT2D eigenvalue weighted by Crippen LogP contribution is -2.04. The Morgan fingerprint density at radius 2 is 1.84 bits per heavy atom. The summed E-state index contributed by atoms with van der Waals surface area (Å²) in [5.41, 5.74) is 2.05. The molecule has 0 N–H and O–H groups in total. The van der Waals surface area contributed by atoms with Gasteiger partial charge in [-0.3, -0.25) is 4.68 Å². The topological polar surface area (TPSA) is 52.0 Å². The van der Waals surface area contributed by atoms with Crippen LogP contribution in [-0.4, -0.2) is 18.2 Å². The Kier molecular flexibility index (Phi) is 4.22. The highest BCUT2D eigenvalue weighted by Gasteiger charge is 2.22. The minimum Gasteiger partial charge on any atom is -0.264 e. The van der Waals surface area contributed by atoms with Crippen molar-refractivity contribution in [3.8, 4) is 0 Å². The second-order valence-corrected chi connectivity index (χ2v) is 7.97. The molecule has 1 heterocycles. The Labute approximate surface area is 130 Å². The van der Waals surface area contributed by atoms with Gasteiger partial charge in [0, 0.05) is 14.3 Å². The Morgan fingerprint density at radius 1 is 1.26 bits per heavy atom. The molecule has 1 aromatic carbocycles. The molecule has 0 saturated carbocycles. The van der Waals surface area contributed by atoms with Crippen molar-refractivity contribution in [3.63, 3.8) is 0 Å². The average molecular weight is 411 g/mol. The number of benzene rings is 1.